The first-order valence-corrected chi connectivity index (χ1v) is 6.06. The summed E-state index contributed by atoms with van der Waals surface area (Å²) >= 11 is 5.99. The minimum absolute atomic E-state index is 0.371. The average molecular weight is 253 g/mol. The number of halogens is 1. The summed E-state index contributed by atoms with van der Waals surface area (Å²) in [4.78, 5) is 11.5. The molecule has 17 heavy (non-hydrogen) atoms. The second kappa shape index (κ2) is 3.47. The highest BCUT2D eigenvalue weighted by atomic mass is 35.5. The Hall–Kier alpha value is -1.06. The molecule has 1 aromatic rings. The Bertz CT molecular complexity index is 475. The van der Waals surface area contributed by atoms with Gasteiger partial charge >= 0.3 is 5.97 Å². The van der Waals surface area contributed by atoms with Crippen LogP contribution in [0.1, 0.15) is 18.4 Å². The van der Waals surface area contributed by atoms with E-state index in [1.54, 1.807) is 6.07 Å². The molecule has 3 rings (SSSR count). The number of carbonyl (C=O) groups is 1. The third-order valence-corrected chi connectivity index (χ3v) is 4.38. The van der Waals surface area contributed by atoms with Crippen molar-refractivity contribution in [2.24, 2.45) is 5.41 Å². The van der Waals surface area contributed by atoms with Gasteiger partial charge in [-0.1, -0.05) is 23.7 Å². The molecule has 2 aliphatic rings. The van der Waals surface area contributed by atoms with Crippen molar-refractivity contribution in [3.8, 4) is 0 Å². The number of hydrogen-bond acceptors (Lipinski definition) is 2. The van der Waals surface area contributed by atoms with Crippen LogP contribution in [0.5, 0.6) is 0 Å². The first-order chi connectivity index (χ1) is 8.11. The zero-order chi connectivity index (χ0) is 12.1. The van der Waals surface area contributed by atoms with Gasteiger partial charge in [-0.15, -0.1) is 0 Å². The van der Waals surface area contributed by atoms with Crippen LogP contribution in [0.3, 0.4) is 0 Å². The van der Waals surface area contributed by atoms with Crippen molar-refractivity contribution in [3.05, 3.63) is 34.9 Å². The lowest BCUT2D eigenvalue weighted by atomic mass is 9.66. The Balaban J connectivity index is 2.06. The number of hydrogen-bond donors (Lipinski definition) is 1. The van der Waals surface area contributed by atoms with Crippen LogP contribution < -0.4 is 0 Å². The molecule has 3 nitrogen and oxygen atoms in total. The molecule has 0 radical (unpaired) electrons. The number of carboxylic acid groups (broad SMARTS) is 1. The second-order valence-electron chi connectivity index (χ2n) is 4.97. The Morgan fingerprint density at radius 1 is 1.35 bits per heavy atom. The van der Waals surface area contributed by atoms with E-state index in [2.05, 4.69) is 0 Å². The number of benzene rings is 1. The second-order valence-corrected chi connectivity index (χ2v) is 5.41. The lowest BCUT2D eigenvalue weighted by Gasteiger charge is -2.46. The summed E-state index contributed by atoms with van der Waals surface area (Å²) < 4.78 is 5.30. The van der Waals surface area contributed by atoms with Gasteiger partial charge < -0.3 is 9.84 Å². The van der Waals surface area contributed by atoms with Gasteiger partial charge in [0.25, 0.3) is 0 Å². The molecule has 0 bridgehead atoms. The summed E-state index contributed by atoms with van der Waals surface area (Å²) in [7, 11) is 0. The molecule has 0 amide bonds. The highest BCUT2D eigenvalue weighted by Crippen LogP contribution is 2.62. The lowest BCUT2D eigenvalue weighted by molar-refractivity contribution is -0.161. The average Bonchev–Trinajstić information content (AvgIpc) is 2.98. The zero-order valence-electron chi connectivity index (χ0n) is 9.28. The van der Waals surface area contributed by atoms with Gasteiger partial charge in [0, 0.05) is 5.02 Å². The molecule has 4 heteroatoms. The van der Waals surface area contributed by atoms with E-state index in [9.17, 15) is 9.90 Å². The van der Waals surface area contributed by atoms with Gasteiger partial charge in [-0.05, 0) is 30.5 Å². The highest BCUT2D eigenvalue weighted by Gasteiger charge is 2.68. The van der Waals surface area contributed by atoms with Gasteiger partial charge in [-0.25, -0.2) is 0 Å². The summed E-state index contributed by atoms with van der Waals surface area (Å²) in [6, 6.07) is 7.50. The smallest absolute Gasteiger partial charge is 0.310 e. The van der Waals surface area contributed by atoms with Gasteiger partial charge in [0.15, 0.2) is 0 Å². The fraction of sp³-hybridized carbons (Fsp3) is 0.462. The molecule has 1 aliphatic heterocycles. The van der Waals surface area contributed by atoms with Crippen molar-refractivity contribution in [2.45, 2.75) is 18.3 Å². The van der Waals surface area contributed by atoms with Crippen molar-refractivity contribution in [2.75, 3.05) is 13.2 Å². The van der Waals surface area contributed by atoms with E-state index in [0.717, 1.165) is 18.4 Å². The van der Waals surface area contributed by atoms with Gasteiger partial charge in [0.1, 0.15) is 0 Å². The Labute approximate surface area is 104 Å². The predicted octanol–water partition coefficient (Wildman–Crippen LogP) is 2.47. The van der Waals surface area contributed by atoms with Crippen LogP contribution in [-0.2, 0) is 14.9 Å². The monoisotopic (exact) mass is 252 g/mol. The maximum Gasteiger partial charge on any atom is 0.310 e. The molecule has 0 aromatic heterocycles. The maximum atomic E-state index is 11.5. The molecule has 1 aliphatic carbocycles. The van der Waals surface area contributed by atoms with E-state index in [-0.39, 0.29) is 5.41 Å². The van der Waals surface area contributed by atoms with Crippen LogP contribution in [0.2, 0.25) is 5.02 Å². The normalized spacial score (nSPS) is 23.8. The molecule has 1 saturated carbocycles. The zero-order valence-corrected chi connectivity index (χ0v) is 10.0. The number of ether oxygens (including phenoxy) is 1. The van der Waals surface area contributed by atoms with Crippen LogP contribution in [-0.4, -0.2) is 24.3 Å². The third kappa shape index (κ3) is 1.36. The highest BCUT2D eigenvalue weighted by molar-refractivity contribution is 6.30. The lowest BCUT2D eigenvalue weighted by Crippen LogP contribution is -2.56. The number of carboxylic acids is 1. The minimum Gasteiger partial charge on any atom is -0.481 e. The van der Waals surface area contributed by atoms with Gasteiger partial charge in [0.2, 0.25) is 0 Å². The van der Waals surface area contributed by atoms with Crippen molar-refractivity contribution in [1.29, 1.82) is 0 Å². The molecule has 0 atom stereocenters. The minimum atomic E-state index is -0.708. The first kappa shape index (κ1) is 11.1. The molecule has 0 spiro atoms. The quantitative estimate of drug-likeness (QED) is 0.899. The van der Waals surface area contributed by atoms with Crippen LogP contribution in [0.15, 0.2) is 24.3 Å². The van der Waals surface area contributed by atoms with E-state index in [0.29, 0.717) is 18.2 Å². The van der Waals surface area contributed by atoms with Crippen molar-refractivity contribution in [1.82, 2.24) is 0 Å². The molecule has 2 fully saturated rings. The Kier molecular flexibility index (Phi) is 2.25. The van der Waals surface area contributed by atoms with E-state index in [1.165, 1.54) is 0 Å². The fourth-order valence-electron chi connectivity index (χ4n) is 2.83. The molecular formula is C13H13ClO3. The van der Waals surface area contributed by atoms with Gasteiger partial charge in [0.05, 0.1) is 24.0 Å². The Morgan fingerprint density at radius 3 is 2.47 bits per heavy atom. The van der Waals surface area contributed by atoms with Crippen LogP contribution in [0.25, 0.3) is 0 Å². The largest absolute Gasteiger partial charge is 0.481 e. The molecule has 90 valence electrons. The van der Waals surface area contributed by atoms with E-state index >= 15 is 0 Å². The first-order valence-electron chi connectivity index (χ1n) is 5.68. The molecule has 1 N–H and O–H groups in total. The van der Waals surface area contributed by atoms with E-state index in [1.807, 2.05) is 18.2 Å². The molecule has 0 unspecified atom stereocenters. The Morgan fingerprint density at radius 2 is 2.06 bits per heavy atom. The van der Waals surface area contributed by atoms with E-state index < -0.39 is 11.4 Å². The van der Waals surface area contributed by atoms with Crippen molar-refractivity contribution >= 4 is 17.6 Å². The summed E-state index contributed by atoms with van der Waals surface area (Å²) in [6.07, 6.45) is 1.47. The summed E-state index contributed by atoms with van der Waals surface area (Å²) in [6.45, 7) is 0.972. The van der Waals surface area contributed by atoms with Crippen molar-refractivity contribution < 1.29 is 14.6 Å². The van der Waals surface area contributed by atoms with Crippen LogP contribution in [0.4, 0.5) is 0 Å². The van der Waals surface area contributed by atoms with Crippen LogP contribution >= 0.6 is 11.6 Å². The number of aliphatic carboxylic acids is 1. The SMILES string of the molecule is O=C(O)C1(C2(c3cccc(Cl)c3)COC2)CC1. The van der Waals surface area contributed by atoms with Gasteiger partial charge in [-0.2, -0.15) is 0 Å². The molecule has 1 aromatic carbocycles. The van der Waals surface area contributed by atoms with E-state index in [4.69, 9.17) is 16.3 Å². The van der Waals surface area contributed by atoms with Gasteiger partial charge in [-0.3, -0.25) is 4.79 Å². The van der Waals surface area contributed by atoms with Crippen molar-refractivity contribution in [3.63, 3.8) is 0 Å². The summed E-state index contributed by atoms with van der Waals surface area (Å²) in [5.41, 5.74) is -0.00390. The molecular weight excluding hydrogens is 240 g/mol. The summed E-state index contributed by atoms with van der Waals surface area (Å²) in [5, 5.41) is 10.1. The number of rotatable bonds is 3. The molecule has 1 saturated heterocycles. The third-order valence-electron chi connectivity index (χ3n) is 4.15. The summed E-state index contributed by atoms with van der Waals surface area (Å²) in [5.74, 6) is -0.708. The fourth-order valence-corrected chi connectivity index (χ4v) is 3.02. The molecule has 1 heterocycles. The van der Waals surface area contributed by atoms with Crippen LogP contribution in [0, 0.1) is 5.41 Å². The topological polar surface area (TPSA) is 46.5 Å². The maximum absolute atomic E-state index is 11.5. The predicted molar refractivity (Wildman–Crippen MR) is 63.3 cm³/mol. The standard InChI is InChI=1S/C13H13ClO3/c14-10-3-1-2-9(6-10)13(7-17-8-13)12(4-5-12)11(15)16/h1-3,6H,4-5,7-8H2,(H,15,16).